The molecule has 1 amide bonds. The summed E-state index contributed by atoms with van der Waals surface area (Å²) in [5.41, 5.74) is 2.57. The van der Waals surface area contributed by atoms with E-state index < -0.39 is 6.04 Å². The number of rotatable bonds is 4. The Hall–Kier alpha value is -3.09. The SMILES string of the molecule is COc1ccc2ccccc2c1C1NC(=S)NC(C)=C1C(=O)Nc1ccccc1Cl. The van der Waals surface area contributed by atoms with E-state index in [0.29, 0.717) is 32.8 Å². The zero-order chi connectivity index (χ0) is 21.3. The highest BCUT2D eigenvalue weighted by molar-refractivity contribution is 7.80. The minimum atomic E-state index is -0.498. The van der Waals surface area contributed by atoms with Gasteiger partial charge in [-0.15, -0.1) is 0 Å². The van der Waals surface area contributed by atoms with E-state index in [0.717, 1.165) is 16.3 Å². The number of para-hydroxylation sites is 1. The molecular formula is C23H20ClN3O2S. The summed E-state index contributed by atoms with van der Waals surface area (Å²) in [5.74, 6) is 0.398. The molecule has 1 unspecified atom stereocenters. The van der Waals surface area contributed by atoms with E-state index in [1.165, 1.54) is 0 Å². The Balaban J connectivity index is 1.85. The maximum absolute atomic E-state index is 13.4. The van der Waals surface area contributed by atoms with Crippen molar-refractivity contribution in [3.05, 3.63) is 82.5 Å². The third-order valence-electron chi connectivity index (χ3n) is 5.08. The number of anilines is 1. The van der Waals surface area contributed by atoms with Gasteiger partial charge >= 0.3 is 0 Å². The molecule has 7 heteroatoms. The molecule has 0 saturated carbocycles. The van der Waals surface area contributed by atoms with Crippen LogP contribution in [0.4, 0.5) is 5.69 Å². The molecule has 0 radical (unpaired) electrons. The summed E-state index contributed by atoms with van der Waals surface area (Å²) >= 11 is 11.6. The lowest BCUT2D eigenvalue weighted by molar-refractivity contribution is -0.113. The van der Waals surface area contributed by atoms with Crippen LogP contribution >= 0.6 is 23.8 Å². The van der Waals surface area contributed by atoms with Crippen molar-refractivity contribution >= 4 is 51.3 Å². The summed E-state index contributed by atoms with van der Waals surface area (Å²) in [6.45, 7) is 1.83. The van der Waals surface area contributed by atoms with Crippen LogP contribution in [0.1, 0.15) is 18.5 Å². The van der Waals surface area contributed by atoms with Crippen molar-refractivity contribution in [3.63, 3.8) is 0 Å². The molecule has 0 aliphatic carbocycles. The van der Waals surface area contributed by atoms with Crippen molar-refractivity contribution in [2.75, 3.05) is 12.4 Å². The van der Waals surface area contributed by atoms with Crippen molar-refractivity contribution in [2.24, 2.45) is 0 Å². The molecule has 1 aliphatic heterocycles. The van der Waals surface area contributed by atoms with Gasteiger partial charge in [-0.05, 0) is 48.1 Å². The van der Waals surface area contributed by atoms with Crippen molar-refractivity contribution in [1.82, 2.24) is 10.6 Å². The molecule has 0 fully saturated rings. The van der Waals surface area contributed by atoms with E-state index in [1.54, 1.807) is 19.2 Å². The molecule has 1 heterocycles. The molecule has 0 saturated heterocycles. The second-order valence-corrected chi connectivity index (χ2v) is 7.72. The monoisotopic (exact) mass is 437 g/mol. The highest BCUT2D eigenvalue weighted by atomic mass is 35.5. The van der Waals surface area contributed by atoms with Crippen LogP contribution < -0.4 is 20.7 Å². The van der Waals surface area contributed by atoms with E-state index in [2.05, 4.69) is 16.0 Å². The Labute approximate surface area is 185 Å². The fraction of sp³-hybridized carbons (Fsp3) is 0.130. The zero-order valence-electron chi connectivity index (χ0n) is 16.5. The van der Waals surface area contributed by atoms with Gasteiger partial charge in [0, 0.05) is 11.3 Å². The molecule has 3 aromatic rings. The number of thiocarbonyl (C=S) groups is 1. The predicted octanol–water partition coefficient (Wildman–Crippen LogP) is 4.93. The van der Waals surface area contributed by atoms with Crippen LogP contribution in [0, 0.1) is 0 Å². The first-order valence-electron chi connectivity index (χ1n) is 9.39. The zero-order valence-corrected chi connectivity index (χ0v) is 18.0. The summed E-state index contributed by atoms with van der Waals surface area (Å²) in [6, 6.07) is 18.5. The molecule has 4 rings (SSSR count). The first-order valence-corrected chi connectivity index (χ1v) is 10.2. The van der Waals surface area contributed by atoms with Gasteiger partial charge in [0.05, 0.1) is 29.4 Å². The normalized spacial score (nSPS) is 16.1. The quantitative estimate of drug-likeness (QED) is 0.505. The van der Waals surface area contributed by atoms with Gasteiger partial charge in [0.15, 0.2) is 5.11 Å². The molecule has 5 nitrogen and oxygen atoms in total. The molecule has 0 aromatic heterocycles. The fourth-order valence-electron chi connectivity index (χ4n) is 3.71. The number of carbonyl (C=O) groups excluding carboxylic acids is 1. The number of methoxy groups -OCH3 is 1. The lowest BCUT2D eigenvalue weighted by Crippen LogP contribution is -2.46. The molecule has 0 spiro atoms. The number of amides is 1. The molecule has 152 valence electrons. The first-order chi connectivity index (χ1) is 14.5. The van der Waals surface area contributed by atoms with Crippen LogP contribution in [0.25, 0.3) is 10.8 Å². The van der Waals surface area contributed by atoms with E-state index in [1.807, 2.05) is 55.5 Å². The highest BCUT2D eigenvalue weighted by Crippen LogP contribution is 2.38. The Bertz CT molecular complexity index is 1190. The number of benzene rings is 3. The lowest BCUT2D eigenvalue weighted by atomic mass is 9.90. The smallest absolute Gasteiger partial charge is 0.255 e. The van der Waals surface area contributed by atoms with Crippen LogP contribution in [0.2, 0.25) is 5.02 Å². The summed E-state index contributed by atoms with van der Waals surface area (Å²) in [6.07, 6.45) is 0. The molecule has 0 bridgehead atoms. The third-order valence-corrected chi connectivity index (χ3v) is 5.62. The van der Waals surface area contributed by atoms with Gasteiger partial charge in [-0.2, -0.15) is 0 Å². The van der Waals surface area contributed by atoms with Gasteiger partial charge < -0.3 is 20.7 Å². The summed E-state index contributed by atoms with van der Waals surface area (Å²) in [5, 5.41) is 12.2. The minimum absolute atomic E-state index is 0.275. The predicted molar refractivity (Wildman–Crippen MR) is 125 cm³/mol. The summed E-state index contributed by atoms with van der Waals surface area (Å²) < 4.78 is 5.66. The topological polar surface area (TPSA) is 62.4 Å². The van der Waals surface area contributed by atoms with Crippen molar-refractivity contribution in [2.45, 2.75) is 13.0 Å². The summed E-state index contributed by atoms with van der Waals surface area (Å²) in [4.78, 5) is 13.4. The maximum Gasteiger partial charge on any atom is 0.255 e. The number of nitrogens with one attached hydrogen (secondary N) is 3. The third kappa shape index (κ3) is 3.72. The molecule has 1 atom stereocenters. The molecular weight excluding hydrogens is 418 g/mol. The second kappa shape index (κ2) is 8.34. The number of carbonyl (C=O) groups is 1. The van der Waals surface area contributed by atoms with E-state index in [9.17, 15) is 4.79 Å². The van der Waals surface area contributed by atoms with Gasteiger partial charge in [-0.3, -0.25) is 4.79 Å². The standard InChI is InChI=1S/C23H20ClN3O2S/c1-13-19(22(28)26-17-10-6-5-9-16(17)24)21(27-23(30)25-13)20-15-8-4-3-7-14(15)11-12-18(20)29-2/h3-12,21H,1-2H3,(H,26,28)(H2,25,27,30). The van der Waals surface area contributed by atoms with E-state index in [4.69, 9.17) is 28.6 Å². The number of ether oxygens (including phenoxy) is 1. The largest absolute Gasteiger partial charge is 0.496 e. The van der Waals surface area contributed by atoms with Crippen molar-refractivity contribution < 1.29 is 9.53 Å². The Kier molecular flexibility index (Phi) is 5.61. The fourth-order valence-corrected chi connectivity index (χ4v) is 4.17. The molecule has 3 aromatic carbocycles. The van der Waals surface area contributed by atoms with Crippen LogP contribution in [0.3, 0.4) is 0 Å². The average molecular weight is 438 g/mol. The van der Waals surface area contributed by atoms with E-state index in [-0.39, 0.29) is 5.91 Å². The number of fused-ring (bicyclic) bond motifs is 1. The molecule has 30 heavy (non-hydrogen) atoms. The van der Waals surface area contributed by atoms with Gasteiger partial charge in [0.1, 0.15) is 5.75 Å². The number of hydrogen-bond acceptors (Lipinski definition) is 3. The highest BCUT2D eigenvalue weighted by Gasteiger charge is 2.33. The van der Waals surface area contributed by atoms with Gasteiger partial charge in [0.25, 0.3) is 5.91 Å². The number of allylic oxidation sites excluding steroid dienone is 1. The van der Waals surface area contributed by atoms with Gasteiger partial charge in [-0.25, -0.2) is 0 Å². The molecule has 3 N–H and O–H groups in total. The van der Waals surface area contributed by atoms with Crippen molar-refractivity contribution in [3.8, 4) is 5.75 Å². The maximum atomic E-state index is 13.4. The minimum Gasteiger partial charge on any atom is -0.496 e. The first kappa shape index (κ1) is 20.2. The average Bonchev–Trinajstić information content (AvgIpc) is 2.73. The van der Waals surface area contributed by atoms with Crippen LogP contribution in [-0.2, 0) is 4.79 Å². The Morgan fingerprint density at radius 3 is 2.60 bits per heavy atom. The van der Waals surface area contributed by atoms with Gasteiger partial charge in [0.2, 0.25) is 0 Å². The van der Waals surface area contributed by atoms with Crippen LogP contribution in [0.15, 0.2) is 71.9 Å². The van der Waals surface area contributed by atoms with Crippen LogP contribution in [-0.4, -0.2) is 18.1 Å². The Morgan fingerprint density at radius 2 is 1.83 bits per heavy atom. The van der Waals surface area contributed by atoms with Crippen LogP contribution in [0.5, 0.6) is 5.75 Å². The Morgan fingerprint density at radius 1 is 1.10 bits per heavy atom. The van der Waals surface area contributed by atoms with Gasteiger partial charge in [-0.1, -0.05) is 54.1 Å². The lowest BCUT2D eigenvalue weighted by Gasteiger charge is -2.32. The van der Waals surface area contributed by atoms with Crippen molar-refractivity contribution in [1.29, 1.82) is 0 Å². The second-order valence-electron chi connectivity index (χ2n) is 6.91. The number of halogens is 1. The molecule has 1 aliphatic rings. The van der Waals surface area contributed by atoms with E-state index >= 15 is 0 Å². The number of hydrogen-bond donors (Lipinski definition) is 3. The summed E-state index contributed by atoms with van der Waals surface area (Å²) in [7, 11) is 1.62.